The van der Waals surface area contributed by atoms with Gasteiger partial charge in [0.1, 0.15) is 22.3 Å². The third kappa shape index (κ3) is 5.39. The second-order valence-corrected chi connectivity index (χ2v) is 18.0. The quantitative estimate of drug-likeness (QED) is 0.173. The fourth-order valence-electron chi connectivity index (χ4n) is 10.6. The first-order chi connectivity index (χ1) is 32.4. The van der Waals surface area contributed by atoms with Crippen molar-refractivity contribution in [1.82, 2.24) is 19.5 Å². The van der Waals surface area contributed by atoms with Crippen LogP contribution in [0.3, 0.4) is 0 Å². The third-order valence-electron chi connectivity index (χ3n) is 13.9. The molecule has 0 atom stereocenters. The van der Waals surface area contributed by atoms with Gasteiger partial charge in [0.15, 0.2) is 17.5 Å². The van der Waals surface area contributed by atoms with Gasteiger partial charge in [-0.25, -0.2) is 15.0 Å². The summed E-state index contributed by atoms with van der Waals surface area (Å²) in [6.45, 7) is 4.71. The zero-order valence-corrected chi connectivity index (χ0v) is 36.1. The Morgan fingerprint density at radius 3 is 1.85 bits per heavy atom. The van der Waals surface area contributed by atoms with Crippen molar-refractivity contribution in [3.63, 3.8) is 0 Å². The molecule has 0 saturated heterocycles. The Kier molecular flexibility index (Phi) is 7.64. The molecule has 0 saturated carbocycles. The van der Waals surface area contributed by atoms with Crippen LogP contribution in [0.25, 0.3) is 128 Å². The highest BCUT2D eigenvalue weighted by molar-refractivity contribution is 6.15. The van der Waals surface area contributed by atoms with Gasteiger partial charge < -0.3 is 13.4 Å². The zero-order valence-electron chi connectivity index (χ0n) is 36.1. The number of aromatic nitrogens is 4. The Labute approximate surface area is 379 Å². The number of para-hydroxylation sites is 2. The Morgan fingerprint density at radius 2 is 0.985 bits per heavy atom. The molecule has 14 rings (SSSR count). The van der Waals surface area contributed by atoms with E-state index in [2.05, 4.69) is 146 Å². The average Bonchev–Trinajstić information content (AvgIpc) is 4.09. The minimum Gasteiger partial charge on any atom is -0.456 e. The molecule has 66 heavy (non-hydrogen) atoms. The van der Waals surface area contributed by atoms with Gasteiger partial charge in [-0.15, -0.1) is 0 Å². The van der Waals surface area contributed by atoms with E-state index in [4.69, 9.17) is 23.8 Å². The first-order valence-corrected chi connectivity index (χ1v) is 22.4. The van der Waals surface area contributed by atoms with Gasteiger partial charge in [-0.05, 0) is 106 Å². The van der Waals surface area contributed by atoms with Crippen LogP contribution in [0.4, 0.5) is 0 Å². The largest absolute Gasteiger partial charge is 0.456 e. The van der Waals surface area contributed by atoms with Gasteiger partial charge in [-0.3, -0.25) is 0 Å². The Balaban J connectivity index is 0.948. The van der Waals surface area contributed by atoms with E-state index in [1.807, 2.05) is 66.7 Å². The predicted molar refractivity (Wildman–Crippen MR) is 268 cm³/mol. The fourth-order valence-corrected chi connectivity index (χ4v) is 10.6. The smallest absolute Gasteiger partial charge is 0.164 e. The molecule has 4 heterocycles. The highest BCUT2D eigenvalue weighted by Gasteiger charge is 2.36. The molecule has 1 aliphatic rings. The predicted octanol–water partition coefficient (Wildman–Crippen LogP) is 15.7. The summed E-state index contributed by atoms with van der Waals surface area (Å²) in [7, 11) is 0. The molecule has 310 valence electrons. The van der Waals surface area contributed by atoms with Gasteiger partial charge >= 0.3 is 0 Å². The molecule has 0 amide bonds. The van der Waals surface area contributed by atoms with Gasteiger partial charge in [0.2, 0.25) is 0 Å². The number of furan rings is 2. The summed E-state index contributed by atoms with van der Waals surface area (Å²) in [5, 5.41) is 6.54. The van der Waals surface area contributed by atoms with Crippen LogP contribution in [-0.4, -0.2) is 19.5 Å². The summed E-state index contributed by atoms with van der Waals surface area (Å²) in [6.07, 6.45) is 0. The monoisotopic (exact) mass is 846 g/mol. The number of rotatable bonds is 5. The minimum absolute atomic E-state index is 0.118. The fraction of sp³-hybridized carbons (Fsp3) is 0.0500. The summed E-state index contributed by atoms with van der Waals surface area (Å²) >= 11 is 0. The van der Waals surface area contributed by atoms with Crippen LogP contribution in [0.1, 0.15) is 25.0 Å². The van der Waals surface area contributed by atoms with Crippen molar-refractivity contribution in [1.29, 1.82) is 0 Å². The van der Waals surface area contributed by atoms with Gasteiger partial charge in [-0.1, -0.05) is 135 Å². The number of benzene rings is 9. The van der Waals surface area contributed by atoms with E-state index in [0.29, 0.717) is 17.5 Å². The molecule has 1 aliphatic carbocycles. The van der Waals surface area contributed by atoms with Crippen LogP contribution in [0.15, 0.2) is 203 Å². The van der Waals surface area contributed by atoms with Crippen LogP contribution >= 0.6 is 0 Å². The number of fused-ring (bicyclic) bond motifs is 12. The summed E-state index contributed by atoms with van der Waals surface area (Å²) in [4.78, 5) is 15.4. The highest BCUT2D eigenvalue weighted by atomic mass is 16.3. The van der Waals surface area contributed by atoms with Crippen LogP contribution in [0.5, 0.6) is 0 Å². The van der Waals surface area contributed by atoms with E-state index in [1.165, 1.54) is 44.1 Å². The van der Waals surface area contributed by atoms with E-state index < -0.39 is 0 Å². The summed E-state index contributed by atoms with van der Waals surface area (Å²) in [6, 6.07) is 68.4. The lowest BCUT2D eigenvalue weighted by Gasteiger charge is -2.21. The Morgan fingerprint density at radius 1 is 0.364 bits per heavy atom. The normalized spacial score (nSPS) is 13.1. The first-order valence-electron chi connectivity index (χ1n) is 22.4. The number of nitrogens with zero attached hydrogens (tertiary/aromatic N) is 4. The molecule has 13 aromatic rings. The van der Waals surface area contributed by atoms with Gasteiger partial charge in [0.25, 0.3) is 0 Å². The van der Waals surface area contributed by atoms with Crippen LogP contribution in [0.2, 0.25) is 0 Å². The molecule has 6 nitrogen and oxygen atoms in total. The van der Waals surface area contributed by atoms with Crippen molar-refractivity contribution in [2.24, 2.45) is 0 Å². The maximum absolute atomic E-state index is 6.59. The van der Waals surface area contributed by atoms with Crippen molar-refractivity contribution in [3.8, 4) is 62.1 Å². The van der Waals surface area contributed by atoms with E-state index in [0.717, 1.165) is 77.4 Å². The Bertz CT molecular complexity index is 4140. The lowest BCUT2D eigenvalue weighted by atomic mass is 9.82. The standard InChI is InChI=1S/C60H38N4O2/c1-60(2)48-21-11-9-18-40(48)44-34-51-46(33-49(44)60)45-30-36(25-28-50(45)64(51)39-16-7-4-8-17-39)37-26-29-53-47(31-37)56-43(20-13-23-54(56)65-53)59-62-57(35-14-5-3-6-15-35)61-58(63-59)38-24-27-42-41-19-10-12-22-52(41)66-55(42)32-38/h3-34H,1-2H3. The SMILES string of the molecule is CC1(C)c2ccccc2-c2cc3c(cc21)c1cc(-c2ccc4oc5cccc(-c6nc(-c7ccccc7)nc(-c7ccc8c(c7)oc7ccccc78)n6)c5c4c2)ccc1n3-c1ccccc1. The van der Waals surface area contributed by atoms with E-state index in [1.54, 1.807) is 0 Å². The summed E-state index contributed by atoms with van der Waals surface area (Å²) in [5.74, 6) is 1.72. The lowest BCUT2D eigenvalue weighted by Crippen LogP contribution is -2.14. The van der Waals surface area contributed by atoms with Crippen molar-refractivity contribution in [2.45, 2.75) is 19.3 Å². The number of hydrogen-bond donors (Lipinski definition) is 0. The molecule has 9 aromatic carbocycles. The molecule has 4 aromatic heterocycles. The highest BCUT2D eigenvalue weighted by Crippen LogP contribution is 2.51. The van der Waals surface area contributed by atoms with E-state index in [9.17, 15) is 0 Å². The first kappa shape index (κ1) is 36.8. The van der Waals surface area contributed by atoms with E-state index >= 15 is 0 Å². The van der Waals surface area contributed by atoms with Gasteiger partial charge in [-0.2, -0.15) is 0 Å². The molecular weight excluding hydrogens is 809 g/mol. The molecule has 0 radical (unpaired) electrons. The Hall–Kier alpha value is -8.61. The second-order valence-electron chi connectivity index (χ2n) is 18.0. The van der Waals surface area contributed by atoms with Crippen molar-refractivity contribution in [3.05, 3.63) is 205 Å². The lowest BCUT2D eigenvalue weighted by molar-refractivity contribution is 0.661. The van der Waals surface area contributed by atoms with Gasteiger partial charge in [0, 0.05) is 60.1 Å². The van der Waals surface area contributed by atoms with Crippen molar-refractivity contribution in [2.75, 3.05) is 0 Å². The maximum atomic E-state index is 6.59. The molecule has 6 heteroatoms. The zero-order chi connectivity index (χ0) is 43.7. The van der Waals surface area contributed by atoms with Gasteiger partial charge in [0.05, 0.1) is 11.0 Å². The molecule has 0 unspecified atom stereocenters. The molecule has 0 N–H and O–H groups in total. The van der Waals surface area contributed by atoms with Crippen LogP contribution in [-0.2, 0) is 5.41 Å². The van der Waals surface area contributed by atoms with Crippen molar-refractivity contribution >= 4 is 65.7 Å². The second kappa shape index (κ2) is 13.7. The number of hydrogen-bond acceptors (Lipinski definition) is 5. The molecule has 0 bridgehead atoms. The average molecular weight is 847 g/mol. The van der Waals surface area contributed by atoms with Crippen molar-refractivity contribution < 1.29 is 8.83 Å². The minimum atomic E-state index is -0.118. The molecular formula is C60H38N4O2. The van der Waals surface area contributed by atoms with Crippen LogP contribution in [0, 0.1) is 0 Å². The molecule has 0 fully saturated rings. The molecule has 0 aliphatic heterocycles. The van der Waals surface area contributed by atoms with Crippen LogP contribution < -0.4 is 0 Å². The molecule has 0 spiro atoms. The van der Waals surface area contributed by atoms with E-state index in [-0.39, 0.29) is 5.41 Å². The summed E-state index contributed by atoms with van der Waals surface area (Å²) < 4.78 is 15.3. The topological polar surface area (TPSA) is 69.9 Å². The maximum Gasteiger partial charge on any atom is 0.164 e. The summed E-state index contributed by atoms with van der Waals surface area (Å²) in [5.41, 5.74) is 16.8. The third-order valence-corrected chi connectivity index (χ3v) is 13.9.